The van der Waals surface area contributed by atoms with E-state index in [2.05, 4.69) is 15.6 Å². The van der Waals surface area contributed by atoms with Gasteiger partial charge in [-0.25, -0.2) is 4.98 Å². The Morgan fingerprint density at radius 2 is 2.04 bits per heavy atom. The highest BCUT2D eigenvalue weighted by Crippen LogP contribution is 2.26. The maximum atomic E-state index is 12.5. The summed E-state index contributed by atoms with van der Waals surface area (Å²) in [4.78, 5) is 29.1. The molecular formula is C18H16ClN3O3S. The fraction of sp³-hybridized carbons (Fsp3) is 0.167. The van der Waals surface area contributed by atoms with Crippen molar-refractivity contribution in [1.82, 2.24) is 10.3 Å². The third-order valence-corrected chi connectivity index (χ3v) is 4.45. The molecule has 0 spiro atoms. The van der Waals surface area contributed by atoms with Gasteiger partial charge in [0.05, 0.1) is 17.5 Å². The molecule has 0 fully saturated rings. The summed E-state index contributed by atoms with van der Waals surface area (Å²) in [6, 6.07) is 8.20. The van der Waals surface area contributed by atoms with Gasteiger partial charge in [0.2, 0.25) is 0 Å². The molecule has 6 nitrogen and oxygen atoms in total. The standard InChI is InChI=1S/C18H16ClN3O3S/c1-10(2)20-16(23)12-6-5-11(19)8-13(12)21-17(24)14-9-26-18(22-14)15-4-3-7-25-15/h3-10H,1-2H3,(H,20,23)(H,21,24). The number of amides is 2. The zero-order valence-electron chi connectivity index (χ0n) is 14.1. The lowest BCUT2D eigenvalue weighted by Gasteiger charge is -2.13. The lowest BCUT2D eigenvalue weighted by Crippen LogP contribution is -2.31. The van der Waals surface area contributed by atoms with Gasteiger partial charge in [0.25, 0.3) is 11.8 Å². The van der Waals surface area contributed by atoms with Gasteiger partial charge in [-0.3, -0.25) is 9.59 Å². The van der Waals surface area contributed by atoms with Crippen molar-refractivity contribution in [2.24, 2.45) is 0 Å². The number of thiazole rings is 1. The van der Waals surface area contributed by atoms with Crippen LogP contribution in [-0.4, -0.2) is 22.8 Å². The zero-order valence-corrected chi connectivity index (χ0v) is 15.6. The van der Waals surface area contributed by atoms with Crippen LogP contribution < -0.4 is 10.6 Å². The summed E-state index contributed by atoms with van der Waals surface area (Å²) in [6.07, 6.45) is 1.54. The van der Waals surface area contributed by atoms with Crippen molar-refractivity contribution >= 4 is 40.4 Å². The molecule has 0 saturated heterocycles. The number of nitrogens with one attached hydrogen (secondary N) is 2. The molecule has 2 aromatic heterocycles. The highest BCUT2D eigenvalue weighted by Gasteiger charge is 2.18. The first-order valence-corrected chi connectivity index (χ1v) is 9.11. The lowest BCUT2D eigenvalue weighted by molar-refractivity contribution is 0.0944. The normalized spacial score (nSPS) is 10.8. The Morgan fingerprint density at radius 3 is 2.73 bits per heavy atom. The Labute approximate surface area is 159 Å². The summed E-state index contributed by atoms with van der Waals surface area (Å²) in [5, 5.41) is 8.15. The molecule has 0 unspecified atom stereocenters. The third-order valence-electron chi connectivity index (χ3n) is 3.36. The first-order chi connectivity index (χ1) is 12.4. The van der Waals surface area contributed by atoms with Gasteiger partial charge >= 0.3 is 0 Å². The molecule has 26 heavy (non-hydrogen) atoms. The van der Waals surface area contributed by atoms with E-state index < -0.39 is 5.91 Å². The van der Waals surface area contributed by atoms with Gasteiger partial charge in [-0.2, -0.15) is 0 Å². The highest BCUT2D eigenvalue weighted by molar-refractivity contribution is 7.13. The summed E-state index contributed by atoms with van der Waals surface area (Å²) >= 11 is 7.32. The monoisotopic (exact) mass is 389 g/mol. The predicted octanol–water partition coefficient (Wildman–Crippen LogP) is 4.45. The predicted molar refractivity (Wildman–Crippen MR) is 102 cm³/mol. The van der Waals surface area contributed by atoms with Crippen molar-refractivity contribution in [2.45, 2.75) is 19.9 Å². The Morgan fingerprint density at radius 1 is 1.23 bits per heavy atom. The van der Waals surface area contributed by atoms with E-state index in [4.69, 9.17) is 16.0 Å². The van der Waals surface area contributed by atoms with Crippen molar-refractivity contribution in [3.05, 3.63) is 58.3 Å². The molecule has 134 valence electrons. The van der Waals surface area contributed by atoms with Gasteiger partial charge in [0.1, 0.15) is 5.69 Å². The lowest BCUT2D eigenvalue weighted by atomic mass is 10.1. The molecule has 0 aliphatic heterocycles. The molecule has 0 bridgehead atoms. The number of halogens is 1. The molecule has 0 aliphatic carbocycles. The average Bonchev–Trinajstić information content (AvgIpc) is 3.25. The minimum Gasteiger partial charge on any atom is -0.462 e. The van der Waals surface area contributed by atoms with Crippen molar-refractivity contribution in [3.63, 3.8) is 0 Å². The van der Waals surface area contributed by atoms with Gasteiger partial charge < -0.3 is 15.1 Å². The minimum absolute atomic E-state index is 0.0314. The fourth-order valence-corrected chi connectivity index (χ4v) is 3.17. The minimum atomic E-state index is -0.431. The molecule has 3 rings (SSSR count). The number of hydrogen-bond acceptors (Lipinski definition) is 5. The van der Waals surface area contributed by atoms with Gasteiger partial charge in [0, 0.05) is 16.4 Å². The van der Waals surface area contributed by atoms with Gasteiger partial charge in [-0.1, -0.05) is 11.6 Å². The molecule has 0 saturated carbocycles. The van der Waals surface area contributed by atoms with Crippen LogP contribution in [0.15, 0.2) is 46.4 Å². The van der Waals surface area contributed by atoms with E-state index in [1.165, 1.54) is 17.4 Å². The van der Waals surface area contributed by atoms with Gasteiger partial charge in [-0.15, -0.1) is 11.3 Å². The van der Waals surface area contributed by atoms with E-state index >= 15 is 0 Å². The maximum absolute atomic E-state index is 12.5. The van der Waals surface area contributed by atoms with Gasteiger partial charge in [0.15, 0.2) is 10.8 Å². The van der Waals surface area contributed by atoms with E-state index in [0.717, 1.165) is 0 Å². The average molecular weight is 390 g/mol. The smallest absolute Gasteiger partial charge is 0.275 e. The van der Waals surface area contributed by atoms with Gasteiger partial charge in [-0.05, 0) is 44.2 Å². The van der Waals surface area contributed by atoms with Crippen LogP contribution in [0.4, 0.5) is 5.69 Å². The summed E-state index contributed by atoms with van der Waals surface area (Å²) in [6.45, 7) is 3.72. The molecule has 1 aromatic carbocycles. The largest absolute Gasteiger partial charge is 0.462 e. The van der Waals surface area contributed by atoms with Crippen molar-refractivity contribution in [1.29, 1.82) is 0 Å². The summed E-state index contributed by atoms with van der Waals surface area (Å²) in [7, 11) is 0. The van der Waals surface area contributed by atoms with Crippen molar-refractivity contribution in [3.8, 4) is 10.8 Å². The second-order valence-electron chi connectivity index (χ2n) is 5.79. The molecule has 2 heterocycles. The number of aromatic nitrogens is 1. The Balaban J connectivity index is 1.83. The van der Waals surface area contributed by atoms with Crippen LogP contribution in [0.25, 0.3) is 10.8 Å². The van der Waals surface area contributed by atoms with E-state index in [1.54, 1.807) is 35.9 Å². The van der Waals surface area contributed by atoms with Crippen molar-refractivity contribution < 1.29 is 14.0 Å². The first kappa shape index (κ1) is 18.2. The number of nitrogens with zero attached hydrogens (tertiary/aromatic N) is 1. The van der Waals surface area contributed by atoms with Crippen LogP contribution in [0.2, 0.25) is 5.02 Å². The Bertz CT molecular complexity index is 935. The molecule has 8 heteroatoms. The summed E-state index contributed by atoms with van der Waals surface area (Å²) in [5.41, 5.74) is 0.891. The molecule has 0 atom stereocenters. The van der Waals surface area contributed by atoms with E-state index in [1.807, 2.05) is 13.8 Å². The molecule has 2 amide bonds. The second-order valence-corrected chi connectivity index (χ2v) is 7.08. The van der Waals surface area contributed by atoms with Crippen LogP contribution in [0.1, 0.15) is 34.7 Å². The molecule has 3 aromatic rings. The summed E-state index contributed by atoms with van der Waals surface area (Å²) in [5.74, 6) is -0.129. The maximum Gasteiger partial charge on any atom is 0.275 e. The molecule has 2 N–H and O–H groups in total. The van der Waals surface area contributed by atoms with Crippen LogP contribution in [0.5, 0.6) is 0 Å². The molecule has 0 aliphatic rings. The number of benzene rings is 1. The van der Waals surface area contributed by atoms with E-state index in [0.29, 0.717) is 27.0 Å². The van der Waals surface area contributed by atoms with Crippen molar-refractivity contribution in [2.75, 3.05) is 5.32 Å². The topological polar surface area (TPSA) is 84.2 Å². The number of hydrogen-bond donors (Lipinski definition) is 2. The number of carbonyl (C=O) groups excluding carboxylic acids is 2. The molecule has 0 radical (unpaired) electrons. The fourth-order valence-electron chi connectivity index (χ4n) is 2.24. The number of anilines is 1. The van der Waals surface area contributed by atoms with E-state index in [9.17, 15) is 9.59 Å². The molecular weight excluding hydrogens is 374 g/mol. The second kappa shape index (κ2) is 7.72. The third kappa shape index (κ3) is 4.12. The highest BCUT2D eigenvalue weighted by atomic mass is 35.5. The Kier molecular flexibility index (Phi) is 5.39. The zero-order chi connectivity index (χ0) is 18.7. The van der Waals surface area contributed by atoms with Crippen LogP contribution in [0.3, 0.4) is 0 Å². The Hall–Kier alpha value is -2.64. The van der Waals surface area contributed by atoms with E-state index in [-0.39, 0.29) is 17.6 Å². The van der Waals surface area contributed by atoms with Crippen LogP contribution in [-0.2, 0) is 0 Å². The van der Waals surface area contributed by atoms with Crippen LogP contribution >= 0.6 is 22.9 Å². The quantitative estimate of drug-likeness (QED) is 0.675. The first-order valence-electron chi connectivity index (χ1n) is 7.85. The number of carbonyl (C=O) groups is 2. The number of rotatable bonds is 5. The SMILES string of the molecule is CC(C)NC(=O)c1ccc(Cl)cc1NC(=O)c1csc(-c2ccco2)n1. The number of furan rings is 1. The summed E-state index contributed by atoms with van der Waals surface area (Å²) < 4.78 is 5.28. The van der Waals surface area contributed by atoms with Crippen LogP contribution in [0, 0.1) is 0 Å².